The van der Waals surface area contributed by atoms with E-state index in [2.05, 4.69) is 10.6 Å². The van der Waals surface area contributed by atoms with Crippen LogP contribution in [0.25, 0.3) is 0 Å². The van der Waals surface area contributed by atoms with Gasteiger partial charge in [0.1, 0.15) is 12.4 Å². The molecule has 1 atom stereocenters. The lowest BCUT2D eigenvalue weighted by Crippen LogP contribution is -2.39. The molecule has 1 amide bonds. The van der Waals surface area contributed by atoms with Crippen LogP contribution in [0.2, 0.25) is 0 Å². The summed E-state index contributed by atoms with van der Waals surface area (Å²) in [6, 6.07) is 16.0. The zero-order chi connectivity index (χ0) is 17.5. The van der Waals surface area contributed by atoms with Crippen molar-refractivity contribution in [3.8, 4) is 5.75 Å². The number of thioether (sulfide) groups is 1. The fraction of sp³-hybridized carbons (Fsp3) is 0.350. The molecule has 5 heteroatoms. The highest BCUT2D eigenvalue weighted by molar-refractivity contribution is 7.99. The first-order valence-corrected chi connectivity index (χ1v) is 9.75. The van der Waals surface area contributed by atoms with Gasteiger partial charge in [-0.05, 0) is 36.2 Å². The number of carbonyl (C=O) groups is 1. The van der Waals surface area contributed by atoms with Crippen LogP contribution in [-0.4, -0.2) is 30.0 Å². The van der Waals surface area contributed by atoms with E-state index in [1.807, 2.05) is 67.2 Å². The molecule has 0 bridgehead atoms. The Hall–Kier alpha value is -1.98. The maximum atomic E-state index is 12.3. The molecular weight excluding hydrogens is 332 g/mol. The van der Waals surface area contributed by atoms with E-state index in [0.717, 1.165) is 40.6 Å². The molecular formula is C20H24N2O2S. The fourth-order valence-electron chi connectivity index (χ4n) is 2.83. The standard InChI is InChI=1S/C20H24N2O2S/c1-15-16(13-24-18-7-3-2-4-8-18)6-5-9-19(15)22-20(23)12-17-14-25-11-10-21-17/h2-9,17,21H,10-14H2,1H3,(H,22,23). The molecule has 0 spiro atoms. The topological polar surface area (TPSA) is 50.4 Å². The predicted octanol–water partition coefficient (Wildman–Crippen LogP) is 3.61. The second kappa shape index (κ2) is 8.92. The average Bonchev–Trinajstić information content (AvgIpc) is 2.64. The van der Waals surface area contributed by atoms with Gasteiger partial charge in [-0.2, -0.15) is 11.8 Å². The summed E-state index contributed by atoms with van der Waals surface area (Å²) < 4.78 is 5.83. The van der Waals surface area contributed by atoms with Gasteiger partial charge >= 0.3 is 0 Å². The van der Waals surface area contributed by atoms with E-state index >= 15 is 0 Å². The second-order valence-electron chi connectivity index (χ2n) is 6.17. The minimum Gasteiger partial charge on any atom is -0.489 e. The Kier molecular flexibility index (Phi) is 6.36. The highest BCUT2D eigenvalue weighted by atomic mass is 32.2. The van der Waals surface area contributed by atoms with Crippen molar-refractivity contribution in [3.05, 3.63) is 59.7 Å². The van der Waals surface area contributed by atoms with Gasteiger partial charge in [-0.15, -0.1) is 0 Å². The Labute approximate surface area is 153 Å². The third kappa shape index (κ3) is 5.25. The van der Waals surface area contributed by atoms with E-state index in [9.17, 15) is 4.79 Å². The number of ether oxygens (including phenoxy) is 1. The number of benzene rings is 2. The quantitative estimate of drug-likeness (QED) is 0.830. The number of rotatable bonds is 6. The van der Waals surface area contributed by atoms with E-state index in [1.54, 1.807) is 0 Å². The van der Waals surface area contributed by atoms with E-state index in [-0.39, 0.29) is 11.9 Å². The number of anilines is 1. The monoisotopic (exact) mass is 356 g/mol. The van der Waals surface area contributed by atoms with Gasteiger partial charge in [-0.1, -0.05) is 30.3 Å². The number of amides is 1. The molecule has 1 fully saturated rings. The van der Waals surface area contributed by atoms with Crippen molar-refractivity contribution in [3.63, 3.8) is 0 Å². The minimum atomic E-state index is 0.0595. The number of carbonyl (C=O) groups excluding carboxylic acids is 1. The molecule has 132 valence electrons. The van der Waals surface area contributed by atoms with Crippen molar-refractivity contribution in [1.82, 2.24) is 5.32 Å². The highest BCUT2D eigenvalue weighted by Crippen LogP contribution is 2.21. The molecule has 0 saturated carbocycles. The molecule has 0 aromatic heterocycles. The summed E-state index contributed by atoms with van der Waals surface area (Å²) in [5, 5.41) is 6.45. The Morgan fingerprint density at radius 2 is 2.08 bits per heavy atom. The van der Waals surface area contributed by atoms with Crippen LogP contribution in [0, 0.1) is 6.92 Å². The molecule has 2 aromatic rings. The van der Waals surface area contributed by atoms with Crippen molar-refractivity contribution in [2.75, 3.05) is 23.4 Å². The largest absolute Gasteiger partial charge is 0.489 e. The van der Waals surface area contributed by atoms with Crippen LogP contribution in [0.5, 0.6) is 5.75 Å². The van der Waals surface area contributed by atoms with Crippen molar-refractivity contribution in [2.24, 2.45) is 0 Å². The molecule has 1 unspecified atom stereocenters. The minimum absolute atomic E-state index is 0.0595. The summed E-state index contributed by atoms with van der Waals surface area (Å²) in [5.74, 6) is 3.03. The Morgan fingerprint density at radius 3 is 2.84 bits per heavy atom. The van der Waals surface area contributed by atoms with Crippen LogP contribution in [0.3, 0.4) is 0 Å². The van der Waals surface area contributed by atoms with Gasteiger partial charge in [0.05, 0.1) is 0 Å². The van der Waals surface area contributed by atoms with Crippen LogP contribution in [0.15, 0.2) is 48.5 Å². The van der Waals surface area contributed by atoms with Gasteiger partial charge in [0.25, 0.3) is 0 Å². The van der Waals surface area contributed by atoms with Gasteiger partial charge in [0.15, 0.2) is 0 Å². The van der Waals surface area contributed by atoms with Gasteiger partial charge in [-0.25, -0.2) is 0 Å². The summed E-state index contributed by atoms with van der Waals surface area (Å²) in [4.78, 5) is 12.3. The van der Waals surface area contributed by atoms with Crippen LogP contribution < -0.4 is 15.4 Å². The summed E-state index contributed by atoms with van der Waals surface area (Å²) in [6.45, 7) is 3.49. The average molecular weight is 356 g/mol. The SMILES string of the molecule is Cc1c(COc2ccccc2)cccc1NC(=O)CC1CSCCN1. The van der Waals surface area contributed by atoms with Crippen LogP contribution in [-0.2, 0) is 11.4 Å². The summed E-state index contributed by atoms with van der Waals surface area (Å²) >= 11 is 1.90. The molecule has 25 heavy (non-hydrogen) atoms. The first-order valence-electron chi connectivity index (χ1n) is 8.59. The van der Waals surface area contributed by atoms with Crippen molar-refractivity contribution >= 4 is 23.4 Å². The summed E-state index contributed by atoms with van der Waals surface area (Å²) in [5.41, 5.74) is 2.99. The number of hydrogen-bond acceptors (Lipinski definition) is 4. The normalized spacial score (nSPS) is 17.1. The predicted molar refractivity (Wildman–Crippen MR) is 104 cm³/mol. The zero-order valence-electron chi connectivity index (χ0n) is 14.5. The molecule has 1 saturated heterocycles. The molecule has 1 aliphatic rings. The van der Waals surface area contributed by atoms with Gasteiger partial charge in [-0.3, -0.25) is 4.79 Å². The maximum Gasteiger partial charge on any atom is 0.225 e. The highest BCUT2D eigenvalue weighted by Gasteiger charge is 2.17. The van der Waals surface area contributed by atoms with E-state index in [4.69, 9.17) is 4.74 Å². The number of nitrogens with one attached hydrogen (secondary N) is 2. The molecule has 1 heterocycles. The van der Waals surface area contributed by atoms with Crippen molar-refractivity contribution < 1.29 is 9.53 Å². The first kappa shape index (κ1) is 17.8. The fourth-order valence-corrected chi connectivity index (χ4v) is 3.78. The van der Waals surface area contributed by atoms with Crippen LogP contribution in [0.1, 0.15) is 17.5 Å². The molecule has 0 aliphatic carbocycles. The number of hydrogen-bond donors (Lipinski definition) is 2. The molecule has 3 rings (SSSR count). The first-order chi connectivity index (χ1) is 12.2. The Balaban J connectivity index is 1.59. The van der Waals surface area contributed by atoms with Crippen molar-refractivity contribution in [2.45, 2.75) is 26.0 Å². The van der Waals surface area contributed by atoms with Gasteiger partial charge in [0.2, 0.25) is 5.91 Å². The van der Waals surface area contributed by atoms with Crippen LogP contribution >= 0.6 is 11.8 Å². The maximum absolute atomic E-state index is 12.3. The Bertz CT molecular complexity index is 700. The third-order valence-electron chi connectivity index (χ3n) is 4.29. The molecule has 2 aromatic carbocycles. The zero-order valence-corrected chi connectivity index (χ0v) is 15.3. The molecule has 0 radical (unpaired) electrons. The molecule has 1 aliphatic heterocycles. The van der Waals surface area contributed by atoms with E-state index in [0.29, 0.717) is 13.0 Å². The number of para-hydroxylation sites is 1. The van der Waals surface area contributed by atoms with Crippen molar-refractivity contribution in [1.29, 1.82) is 0 Å². The second-order valence-corrected chi connectivity index (χ2v) is 7.32. The molecule has 4 nitrogen and oxygen atoms in total. The van der Waals surface area contributed by atoms with Gasteiger partial charge in [0, 0.05) is 36.2 Å². The van der Waals surface area contributed by atoms with E-state index in [1.165, 1.54) is 0 Å². The lowest BCUT2D eigenvalue weighted by molar-refractivity contribution is -0.116. The van der Waals surface area contributed by atoms with Gasteiger partial charge < -0.3 is 15.4 Å². The summed E-state index contributed by atoms with van der Waals surface area (Å²) in [6.07, 6.45) is 0.511. The van der Waals surface area contributed by atoms with Crippen LogP contribution in [0.4, 0.5) is 5.69 Å². The van der Waals surface area contributed by atoms with E-state index < -0.39 is 0 Å². The lowest BCUT2D eigenvalue weighted by atomic mass is 10.1. The summed E-state index contributed by atoms with van der Waals surface area (Å²) in [7, 11) is 0. The smallest absolute Gasteiger partial charge is 0.225 e. The Morgan fingerprint density at radius 1 is 1.24 bits per heavy atom. The molecule has 2 N–H and O–H groups in total. The third-order valence-corrected chi connectivity index (χ3v) is 5.42. The lowest BCUT2D eigenvalue weighted by Gasteiger charge is -2.22.